The van der Waals surface area contributed by atoms with Crippen LogP contribution >= 0.6 is 0 Å². The van der Waals surface area contributed by atoms with Crippen molar-refractivity contribution in [1.82, 2.24) is 10.6 Å². The van der Waals surface area contributed by atoms with E-state index >= 15 is 0 Å². The molecule has 32 heavy (non-hydrogen) atoms. The van der Waals surface area contributed by atoms with E-state index in [1.807, 2.05) is 6.92 Å². The third kappa shape index (κ3) is 13.4. The van der Waals surface area contributed by atoms with Gasteiger partial charge in [-0.05, 0) is 50.4 Å². The zero-order chi connectivity index (χ0) is 24.6. The van der Waals surface area contributed by atoms with Crippen LogP contribution in [-0.2, 0) is 19.1 Å². The topological polar surface area (TPSA) is 76.7 Å². The molecule has 0 aromatic rings. The second kappa shape index (κ2) is 15.8. The molecule has 1 aliphatic rings. The number of rotatable bonds is 11. The summed E-state index contributed by atoms with van der Waals surface area (Å²) in [7, 11) is 0. The fourth-order valence-electron chi connectivity index (χ4n) is 4.46. The minimum absolute atomic E-state index is 0.0681. The molecule has 1 rings (SSSR count). The Bertz CT molecular complexity index is 613. The summed E-state index contributed by atoms with van der Waals surface area (Å²) in [6, 6.07) is 0.278. The van der Waals surface area contributed by atoms with E-state index in [1.165, 1.54) is 12.5 Å². The summed E-state index contributed by atoms with van der Waals surface area (Å²) in [6.07, 6.45) is 10.9. The van der Waals surface area contributed by atoms with Crippen molar-refractivity contribution in [3.05, 3.63) is 24.0 Å². The number of carbonyl (C=O) groups is 2. The number of allylic oxidation sites excluding steroid dienone is 1. The summed E-state index contributed by atoms with van der Waals surface area (Å²) in [5.74, 6) is -0.617. The molecule has 186 valence electrons. The minimum Gasteiger partial charge on any atom is -0.463 e. The van der Waals surface area contributed by atoms with Crippen molar-refractivity contribution in [2.75, 3.05) is 19.8 Å². The molecule has 1 aliphatic carbocycles. The van der Waals surface area contributed by atoms with Gasteiger partial charge in [-0.25, -0.2) is 9.59 Å². The van der Waals surface area contributed by atoms with Gasteiger partial charge >= 0.3 is 11.9 Å². The number of carbonyl (C=O) groups excluding carboxylic acids is 2. The summed E-state index contributed by atoms with van der Waals surface area (Å²) in [6.45, 7) is 18.4. The summed E-state index contributed by atoms with van der Waals surface area (Å²) >= 11 is 0. The highest BCUT2D eigenvalue weighted by Gasteiger charge is 2.40. The van der Waals surface area contributed by atoms with E-state index < -0.39 is 0 Å². The SMILES string of the molecule is CCC.CCC/C(=C/C(=O)OCC)NCC1(C)CC(N/C=C\C(=O)OCC)CC(C)(C)C1. The average molecular weight is 453 g/mol. The zero-order valence-corrected chi connectivity index (χ0v) is 21.8. The van der Waals surface area contributed by atoms with E-state index in [-0.39, 0.29) is 28.8 Å². The molecule has 0 bridgehead atoms. The number of esters is 2. The van der Waals surface area contributed by atoms with E-state index in [0.29, 0.717) is 13.2 Å². The highest BCUT2D eigenvalue weighted by Crippen LogP contribution is 2.45. The Kier molecular flexibility index (Phi) is 14.8. The third-order valence-corrected chi connectivity index (χ3v) is 5.12. The number of hydrogen-bond acceptors (Lipinski definition) is 6. The van der Waals surface area contributed by atoms with Crippen molar-refractivity contribution in [1.29, 1.82) is 0 Å². The lowest BCUT2D eigenvalue weighted by atomic mass is 9.62. The van der Waals surface area contributed by atoms with Crippen LogP contribution in [0.3, 0.4) is 0 Å². The Morgan fingerprint density at radius 2 is 1.56 bits per heavy atom. The molecule has 0 heterocycles. The summed E-state index contributed by atoms with van der Waals surface area (Å²) in [4.78, 5) is 23.4. The van der Waals surface area contributed by atoms with Crippen LogP contribution in [0.1, 0.15) is 93.9 Å². The molecular weight excluding hydrogens is 404 g/mol. The quantitative estimate of drug-likeness (QED) is 0.319. The second-order valence-electron chi connectivity index (χ2n) is 9.74. The van der Waals surface area contributed by atoms with Crippen molar-refractivity contribution < 1.29 is 19.1 Å². The number of nitrogens with one attached hydrogen (secondary N) is 2. The Labute approximate surface area is 196 Å². The predicted molar refractivity (Wildman–Crippen MR) is 132 cm³/mol. The average Bonchev–Trinajstić information content (AvgIpc) is 2.66. The first-order valence-electron chi connectivity index (χ1n) is 12.2. The van der Waals surface area contributed by atoms with Crippen LogP contribution in [0.4, 0.5) is 0 Å². The van der Waals surface area contributed by atoms with Crippen LogP contribution in [0.15, 0.2) is 24.0 Å². The van der Waals surface area contributed by atoms with E-state index in [9.17, 15) is 9.59 Å². The minimum atomic E-state index is -0.326. The fraction of sp³-hybridized carbons (Fsp3) is 0.769. The van der Waals surface area contributed by atoms with Gasteiger partial charge in [-0.2, -0.15) is 0 Å². The molecule has 0 amide bonds. The van der Waals surface area contributed by atoms with Gasteiger partial charge in [0.25, 0.3) is 0 Å². The lowest BCUT2D eigenvalue weighted by molar-refractivity contribution is -0.138. The van der Waals surface area contributed by atoms with Crippen LogP contribution in [-0.4, -0.2) is 37.7 Å². The molecule has 0 spiro atoms. The van der Waals surface area contributed by atoms with E-state index in [0.717, 1.165) is 44.3 Å². The first kappa shape index (κ1) is 30.0. The standard InChI is InChI=1S/C23H40N2O4.C3H8/c1-7-10-18(13-21(27)29-9-3)25-17-23(6)15-19(14-22(4,5)16-23)24-12-11-20(26)28-8-2;1-3-2/h11-13,19,24-25H,7-10,14-17H2,1-6H3;3H2,1-2H3/b12-11-,18-13-;. The van der Waals surface area contributed by atoms with Crippen molar-refractivity contribution in [2.24, 2.45) is 10.8 Å². The molecule has 6 heteroatoms. The van der Waals surface area contributed by atoms with Crippen molar-refractivity contribution >= 4 is 11.9 Å². The van der Waals surface area contributed by atoms with E-state index in [2.05, 4.69) is 52.2 Å². The number of hydrogen-bond donors (Lipinski definition) is 2. The molecule has 0 saturated heterocycles. The van der Waals surface area contributed by atoms with Gasteiger partial charge in [-0.1, -0.05) is 54.4 Å². The van der Waals surface area contributed by atoms with Gasteiger partial charge in [-0.3, -0.25) is 0 Å². The Morgan fingerprint density at radius 1 is 0.969 bits per heavy atom. The van der Waals surface area contributed by atoms with E-state index in [4.69, 9.17) is 9.47 Å². The summed E-state index contributed by atoms with van der Waals surface area (Å²) < 4.78 is 9.99. The third-order valence-electron chi connectivity index (χ3n) is 5.12. The lowest BCUT2D eigenvalue weighted by Crippen LogP contribution is -2.47. The first-order valence-corrected chi connectivity index (χ1v) is 12.2. The van der Waals surface area contributed by atoms with Crippen LogP contribution in [0.25, 0.3) is 0 Å². The van der Waals surface area contributed by atoms with Crippen LogP contribution < -0.4 is 10.6 Å². The van der Waals surface area contributed by atoms with Crippen molar-refractivity contribution in [2.45, 2.75) is 100.0 Å². The molecule has 2 atom stereocenters. The predicted octanol–water partition coefficient (Wildman–Crippen LogP) is 5.49. The van der Waals surface area contributed by atoms with Gasteiger partial charge in [0.2, 0.25) is 0 Å². The highest BCUT2D eigenvalue weighted by atomic mass is 16.5. The Hall–Kier alpha value is -1.98. The largest absolute Gasteiger partial charge is 0.463 e. The second-order valence-corrected chi connectivity index (χ2v) is 9.74. The van der Waals surface area contributed by atoms with Crippen molar-refractivity contribution in [3.8, 4) is 0 Å². The maximum atomic E-state index is 11.8. The molecule has 6 nitrogen and oxygen atoms in total. The smallest absolute Gasteiger partial charge is 0.332 e. The molecule has 2 unspecified atom stereocenters. The normalized spacial score (nSPS) is 22.5. The van der Waals surface area contributed by atoms with Gasteiger partial charge in [-0.15, -0.1) is 0 Å². The summed E-state index contributed by atoms with van der Waals surface area (Å²) in [5, 5.41) is 6.90. The monoisotopic (exact) mass is 452 g/mol. The zero-order valence-electron chi connectivity index (χ0n) is 21.8. The van der Waals surface area contributed by atoms with Gasteiger partial charge in [0.15, 0.2) is 0 Å². The van der Waals surface area contributed by atoms with Crippen LogP contribution in [0.2, 0.25) is 0 Å². The van der Waals surface area contributed by atoms with Gasteiger partial charge in [0.1, 0.15) is 0 Å². The van der Waals surface area contributed by atoms with E-state index in [1.54, 1.807) is 19.2 Å². The van der Waals surface area contributed by atoms with Gasteiger partial charge in [0.05, 0.1) is 13.2 Å². The fourth-order valence-corrected chi connectivity index (χ4v) is 4.46. The lowest BCUT2D eigenvalue weighted by Gasteiger charge is -2.47. The number of ether oxygens (including phenoxy) is 2. The molecule has 1 saturated carbocycles. The van der Waals surface area contributed by atoms with Gasteiger partial charge in [0, 0.05) is 36.6 Å². The van der Waals surface area contributed by atoms with Crippen molar-refractivity contribution in [3.63, 3.8) is 0 Å². The maximum Gasteiger partial charge on any atom is 0.332 e. The molecular formula is C26H48N2O4. The Balaban J connectivity index is 0.00000302. The first-order chi connectivity index (χ1) is 15.0. The molecule has 0 aromatic heterocycles. The highest BCUT2D eigenvalue weighted by molar-refractivity contribution is 5.82. The molecule has 2 N–H and O–H groups in total. The van der Waals surface area contributed by atoms with Gasteiger partial charge < -0.3 is 20.1 Å². The molecule has 1 fully saturated rings. The molecule has 0 radical (unpaired) electrons. The van der Waals surface area contributed by atoms with Crippen LogP contribution in [0, 0.1) is 10.8 Å². The molecule has 0 aliphatic heterocycles. The maximum absolute atomic E-state index is 11.8. The Morgan fingerprint density at radius 3 is 2.12 bits per heavy atom. The van der Waals surface area contributed by atoms with Crippen LogP contribution in [0.5, 0.6) is 0 Å². The molecule has 0 aromatic carbocycles. The summed E-state index contributed by atoms with van der Waals surface area (Å²) in [5.41, 5.74) is 1.18.